The number of esters is 1. The fourth-order valence-electron chi connectivity index (χ4n) is 5.48. The molecule has 1 aliphatic heterocycles. The Morgan fingerprint density at radius 1 is 1.05 bits per heavy atom. The molecule has 0 radical (unpaired) electrons. The Bertz CT molecular complexity index is 2180. The second kappa shape index (κ2) is 21.6. The first-order valence-corrected chi connectivity index (χ1v) is 18.3. The topological polar surface area (TPSA) is 195 Å². The first kappa shape index (κ1) is 47.3. The zero-order valence-electron chi connectivity index (χ0n) is 30.2. The van der Waals surface area contributed by atoms with Gasteiger partial charge in [0.05, 0.1) is 68.3 Å². The van der Waals surface area contributed by atoms with Crippen LogP contribution in [0.15, 0.2) is 85.5 Å². The number of rotatable bonds is 14. The molecular formula is C36H29F3N5Na2O8PS. The third-order valence-electron chi connectivity index (χ3n) is 8.09. The van der Waals surface area contributed by atoms with Crippen LogP contribution in [0.3, 0.4) is 0 Å². The van der Waals surface area contributed by atoms with Crippen LogP contribution < -0.4 is 68.9 Å². The molecule has 56 heavy (non-hydrogen) atoms. The molecule has 1 fully saturated rings. The van der Waals surface area contributed by atoms with Crippen LogP contribution in [0.25, 0.3) is 6.08 Å². The maximum Gasteiger partial charge on any atom is 1.00 e. The molecule has 20 heteroatoms. The zero-order chi connectivity index (χ0) is 38.9. The van der Waals surface area contributed by atoms with E-state index < -0.39 is 60.2 Å². The molecule has 0 saturated carbocycles. The van der Waals surface area contributed by atoms with Gasteiger partial charge in [0.2, 0.25) is 0 Å². The zero-order valence-corrected chi connectivity index (χ0v) is 35.9. The molecule has 1 saturated heterocycles. The minimum atomic E-state index is -5.51. The molecule has 280 valence electrons. The van der Waals surface area contributed by atoms with E-state index >= 15 is 4.39 Å². The fraction of sp³-hybridized carbons (Fsp3) is 0.250. The van der Waals surface area contributed by atoms with Gasteiger partial charge in [-0.2, -0.15) is 15.6 Å². The Labute approximate surface area is 368 Å². The number of carbonyl (C=O) groups excluding carboxylic acids is 1. The summed E-state index contributed by atoms with van der Waals surface area (Å²) in [4.78, 5) is 40.5. The quantitative estimate of drug-likeness (QED) is 0.0630. The average Bonchev–Trinajstić information content (AvgIpc) is 3.65. The summed E-state index contributed by atoms with van der Waals surface area (Å²) in [6.07, 6.45) is 8.04. The van der Waals surface area contributed by atoms with Crippen LogP contribution in [0.4, 0.5) is 13.2 Å². The number of hydrogen-bond donors (Lipinski definition) is 0. The monoisotopic (exact) mass is 825 g/mol. The van der Waals surface area contributed by atoms with Gasteiger partial charge in [-0.1, -0.05) is 24.3 Å². The number of phosphoric acid groups is 1. The molecule has 0 spiro atoms. The Morgan fingerprint density at radius 2 is 1.75 bits per heavy atom. The van der Waals surface area contributed by atoms with Crippen LogP contribution in [0.1, 0.15) is 45.1 Å². The predicted octanol–water partition coefficient (Wildman–Crippen LogP) is -1.32. The summed E-state index contributed by atoms with van der Waals surface area (Å²) in [6, 6.07) is 14.2. The van der Waals surface area contributed by atoms with Crippen LogP contribution >= 0.6 is 19.6 Å². The maximum absolute atomic E-state index is 15.8. The molecule has 1 aromatic heterocycles. The number of allylic oxidation sites excluding steroid dienone is 2. The fourth-order valence-corrected chi connectivity index (χ4v) is 7.13. The SMILES string of the molecule is C[C@@H](SC1COC(/C=C/C=C/c2ccc(C#N)cc2F)OC1)[C@@](Cn1cncn1)(OC(=O)c1ccc(C#N)cc1COP(=O)([O-])[O-])c1ccc(F)cc1F.[Na+].[Na+]. The van der Waals surface area contributed by atoms with Crippen LogP contribution in [-0.4, -0.2) is 50.7 Å². The molecule has 0 N–H and O–H groups in total. The van der Waals surface area contributed by atoms with Crippen molar-refractivity contribution in [3.63, 3.8) is 0 Å². The molecule has 1 aliphatic rings. The van der Waals surface area contributed by atoms with Gasteiger partial charge in [-0.05, 0) is 61.0 Å². The summed E-state index contributed by atoms with van der Waals surface area (Å²) in [5.74, 6) is -3.61. The Kier molecular flexibility index (Phi) is 18.2. The number of thioether (sulfide) groups is 1. The number of carbonyl (C=O) groups is 1. The minimum absolute atomic E-state index is 0. The minimum Gasteiger partial charge on any atom is -0.790 e. The molecule has 0 amide bonds. The van der Waals surface area contributed by atoms with Crippen molar-refractivity contribution in [3.8, 4) is 12.1 Å². The van der Waals surface area contributed by atoms with Crippen molar-refractivity contribution >= 4 is 31.6 Å². The number of nitrogens with zero attached hydrogens (tertiary/aromatic N) is 5. The number of nitriles is 2. The summed E-state index contributed by atoms with van der Waals surface area (Å²) in [7, 11) is -5.51. The van der Waals surface area contributed by atoms with Crippen LogP contribution in [0, 0.1) is 40.1 Å². The summed E-state index contributed by atoms with van der Waals surface area (Å²) < 4.78 is 79.1. The molecule has 0 bridgehead atoms. The first-order valence-electron chi connectivity index (χ1n) is 15.9. The molecule has 4 aromatic rings. The smallest absolute Gasteiger partial charge is 0.790 e. The van der Waals surface area contributed by atoms with E-state index in [1.165, 1.54) is 59.4 Å². The molecule has 0 unspecified atom stereocenters. The number of ether oxygens (including phenoxy) is 3. The van der Waals surface area contributed by atoms with E-state index in [4.69, 9.17) is 19.5 Å². The van der Waals surface area contributed by atoms with E-state index in [0.717, 1.165) is 24.3 Å². The van der Waals surface area contributed by atoms with E-state index in [1.54, 1.807) is 25.2 Å². The first-order chi connectivity index (χ1) is 25.8. The predicted molar refractivity (Wildman–Crippen MR) is 183 cm³/mol. The second-order valence-corrected chi connectivity index (χ2v) is 14.5. The van der Waals surface area contributed by atoms with Gasteiger partial charge in [-0.3, -0.25) is 0 Å². The number of aromatic nitrogens is 3. The van der Waals surface area contributed by atoms with Crippen molar-refractivity contribution in [2.75, 3.05) is 13.2 Å². The summed E-state index contributed by atoms with van der Waals surface area (Å²) in [5.41, 5.74) is -2.17. The standard InChI is InChI=1S/C36H31F3N5O8PS.2Na/c1-23(54-29-18-49-34(50-19-29)5-3-2-4-26-8-6-25(16-41)13-32(26)38)36(20-44-22-42-21-43-44,31-11-9-28(37)14-33(31)39)52-35(45)30-10-7-24(15-40)12-27(30)17-51-53(46,47)48;;/h2-14,21-23,29,34H,17-20H2,1H3,(H2,46,47,48);;/q;2*+1/p-2/b4-2+,5-3+;;/t23-,29?,34?,36-;;/m1../s1. The van der Waals surface area contributed by atoms with Gasteiger partial charge in [0, 0.05) is 22.4 Å². The van der Waals surface area contributed by atoms with E-state index in [9.17, 15) is 33.2 Å². The Hall–Kier alpha value is -3.10. The van der Waals surface area contributed by atoms with Crippen LogP contribution in [0.5, 0.6) is 0 Å². The molecule has 13 nitrogen and oxygen atoms in total. The molecule has 3 aromatic carbocycles. The van der Waals surface area contributed by atoms with Gasteiger partial charge < -0.3 is 33.1 Å². The molecule has 2 atom stereocenters. The largest absolute Gasteiger partial charge is 1.00 e. The van der Waals surface area contributed by atoms with Crippen LogP contribution in [0.2, 0.25) is 0 Å². The van der Waals surface area contributed by atoms with Gasteiger partial charge in [0.25, 0.3) is 0 Å². The second-order valence-electron chi connectivity index (χ2n) is 11.7. The third-order valence-corrected chi connectivity index (χ3v) is 9.98. The maximum atomic E-state index is 15.8. The van der Waals surface area contributed by atoms with Gasteiger partial charge in [-0.15, -0.1) is 11.8 Å². The van der Waals surface area contributed by atoms with Gasteiger partial charge in [0.1, 0.15) is 30.1 Å². The summed E-state index contributed by atoms with van der Waals surface area (Å²) in [5, 5.41) is 21.2. The molecule has 0 aliphatic carbocycles. The van der Waals surface area contributed by atoms with Gasteiger partial charge in [-0.25, -0.2) is 27.6 Å². The molecular weight excluding hydrogens is 796 g/mol. The van der Waals surface area contributed by atoms with E-state index in [-0.39, 0.29) is 112 Å². The van der Waals surface area contributed by atoms with E-state index in [2.05, 4.69) is 14.6 Å². The van der Waals surface area contributed by atoms with Crippen molar-refractivity contribution in [1.29, 1.82) is 10.5 Å². The van der Waals surface area contributed by atoms with Crippen molar-refractivity contribution in [2.24, 2.45) is 0 Å². The van der Waals surface area contributed by atoms with Crippen molar-refractivity contribution in [1.82, 2.24) is 14.8 Å². The Balaban J connectivity index is 0.00000420. The van der Waals surface area contributed by atoms with Gasteiger partial charge >= 0.3 is 65.1 Å². The van der Waals surface area contributed by atoms with Crippen LogP contribution in [-0.2, 0) is 42.1 Å². The number of phosphoric ester groups is 1. The number of halogens is 3. The molecule has 5 rings (SSSR count). The summed E-state index contributed by atoms with van der Waals surface area (Å²) >= 11 is 1.21. The third kappa shape index (κ3) is 12.7. The Morgan fingerprint density at radius 3 is 2.38 bits per heavy atom. The average molecular weight is 826 g/mol. The van der Waals surface area contributed by atoms with Crippen molar-refractivity contribution in [2.45, 2.75) is 42.5 Å². The number of hydrogen-bond acceptors (Lipinski definition) is 13. The van der Waals surface area contributed by atoms with E-state index in [0.29, 0.717) is 6.07 Å². The summed E-state index contributed by atoms with van der Waals surface area (Å²) in [6.45, 7) is 0.659. The molecule has 2 heterocycles. The van der Waals surface area contributed by atoms with Crippen molar-refractivity contribution < 1.29 is 110 Å². The van der Waals surface area contributed by atoms with Crippen molar-refractivity contribution in [3.05, 3.63) is 136 Å². The van der Waals surface area contributed by atoms with Gasteiger partial charge in [0.15, 0.2) is 11.9 Å². The van der Waals surface area contributed by atoms with E-state index in [1.807, 2.05) is 12.1 Å². The normalized spacial score (nSPS) is 17.2. The number of benzene rings is 3.